The lowest BCUT2D eigenvalue weighted by atomic mass is 10.1. The van der Waals surface area contributed by atoms with E-state index in [1.807, 2.05) is 25.1 Å². The van der Waals surface area contributed by atoms with Crippen LogP contribution in [-0.2, 0) is 0 Å². The zero-order valence-electron chi connectivity index (χ0n) is 8.17. The largest absolute Gasteiger partial charge is 0.383 e. The summed E-state index contributed by atoms with van der Waals surface area (Å²) in [5.41, 5.74) is 2.55. The third kappa shape index (κ3) is 2.28. The highest BCUT2D eigenvalue weighted by Crippen LogP contribution is 2.17. The highest BCUT2D eigenvalue weighted by molar-refractivity contribution is 5.60. The molecule has 2 heteroatoms. The first-order chi connectivity index (χ1) is 6.79. The molecule has 0 fully saturated rings. The van der Waals surface area contributed by atoms with Gasteiger partial charge in [-0.05, 0) is 18.6 Å². The molecule has 14 heavy (non-hydrogen) atoms. The van der Waals surface area contributed by atoms with Gasteiger partial charge in [0.25, 0.3) is 0 Å². The average molecular weight is 184 g/mol. The predicted molar refractivity (Wildman–Crippen MR) is 57.8 cm³/mol. The van der Waals surface area contributed by atoms with Crippen LogP contribution in [0.5, 0.6) is 0 Å². The minimum absolute atomic E-state index is 0.665. The van der Waals surface area contributed by atoms with Gasteiger partial charge in [0.1, 0.15) is 6.07 Å². The Bertz CT molecular complexity index is 394. The van der Waals surface area contributed by atoms with Crippen LogP contribution in [0.4, 0.5) is 5.69 Å². The monoisotopic (exact) mass is 184 g/mol. The van der Waals surface area contributed by atoms with E-state index in [9.17, 15) is 0 Å². The summed E-state index contributed by atoms with van der Waals surface area (Å²) in [5, 5.41) is 12.1. The Balaban J connectivity index is 2.83. The van der Waals surface area contributed by atoms with E-state index in [-0.39, 0.29) is 0 Å². The molecule has 0 saturated heterocycles. The van der Waals surface area contributed by atoms with Gasteiger partial charge in [-0.25, -0.2) is 0 Å². The van der Waals surface area contributed by atoms with Crippen molar-refractivity contribution in [2.75, 3.05) is 11.9 Å². The van der Waals surface area contributed by atoms with Crippen LogP contribution >= 0.6 is 0 Å². The molecule has 0 aliphatic rings. The van der Waals surface area contributed by atoms with E-state index >= 15 is 0 Å². The second-order valence-corrected chi connectivity index (χ2v) is 2.99. The molecular formula is C12H12N2. The van der Waals surface area contributed by atoms with Crippen LogP contribution in [0.2, 0.25) is 0 Å². The molecule has 0 bridgehead atoms. The van der Waals surface area contributed by atoms with Crippen LogP contribution in [0, 0.1) is 30.6 Å². The van der Waals surface area contributed by atoms with Crippen molar-refractivity contribution in [3.8, 4) is 18.4 Å². The Labute approximate surface area is 84.6 Å². The quantitative estimate of drug-likeness (QED) is 0.578. The smallest absolute Gasteiger partial charge is 0.102 e. The van der Waals surface area contributed by atoms with Gasteiger partial charge in [0, 0.05) is 13.0 Å². The highest BCUT2D eigenvalue weighted by atomic mass is 14.9. The Hall–Kier alpha value is -1.93. The summed E-state index contributed by atoms with van der Waals surface area (Å²) in [6.07, 6.45) is 5.80. The van der Waals surface area contributed by atoms with Gasteiger partial charge in [0.2, 0.25) is 0 Å². The molecule has 0 radical (unpaired) electrons. The summed E-state index contributed by atoms with van der Waals surface area (Å²) < 4.78 is 0. The molecule has 0 atom stereocenters. The second-order valence-electron chi connectivity index (χ2n) is 2.99. The summed E-state index contributed by atoms with van der Waals surface area (Å²) in [4.78, 5) is 0. The van der Waals surface area contributed by atoms with Crippen molar-refractivity contribution in [2.45, 2.75) is 13.3 Å². The summed E-state index contributed by atoms with van der Waals surface area (Å²) >= 11 is 0. The van der Waals surface area contributed by atoms with Crippen molar-refractivity contribution in [3.05, 3.63) is 29.3 Å². The van der Waals surface area contributed by atoms with Gasteiger partial charge in [-0.1, -0.05) is 12.1 Å². The lowest BCUT2D eigenvalue weighted by Crippen LogP contribution is -2.02. The molecule has 0 aliphatic heterocycles. The number of aryl methyl sites for hydroxylation is 1. The van der Waals surface area contributed by atoms with E-state index in [0.29, 0.717) is 18.5 Å². The number of rotatable bonds is 3. The van der Waals surface area contributed by atoms with E-state index in [0.717, 1.165) is 11.3 Å². The number of hydrogen-bond donors (Lipinski definition) is 1. The number of nitriles is 1. The zero-order valence-corrected chi connectivity index (χ0v) is 8.17. The highest BCUT2D eigenvalue weighted by Gasteiger charge is 2.02. The van der Waals surface area contributed by atoms with E-state index in [4.69, 9.17) is 11.7 Å². The minimum atomic E-state index is 0.665. The van der Waals surface area contributed by atoms with Gasteiger partial charge in [0.05, 0.1) is 11.3 Å². The molecule has 70 valence electrons. The molecule has 0 unspecified atom stereocenters. The van der Waals surface area contributed by atoms with Crippen LogP contribution in [0.15, 0.2) is 18.2 Å². The van der Waals surface area contributed by atoms with E-state index < -0.39 is 0 Å². The molecule has 0 spiro atoms. The predicted octanol–water partition coefficient (Wildman–Crippen LogP) is 2.30. The summed E-state index contributed by atoms with van der Waals surface area (Å²) in [5.74, 6) is 2.54. The summed E-state index contributed by atoms with van der Waals surface area (Å²) in [6, 6.07) is 7.91. The van der Waals surface area contributed by atoms with Crippen molar-refractivity contribution in [3.63, 3.8) is 0 Å². The number of hydrogen-bond acceptors (Lipinski definition) is 2. The van der Waals surface area contributed by atoms with Crippen molar-refractivity contribution < 1.29 is 0 Å². The maximum atomic E-state index is 8.93. The van der Waals surface area contributed by atoms with Gasteiger partial charge >= 0.3 is 0 Å². The number of terminal acetylenes is 1. The molecule has 1 rings (SSSR count). The van der Waals surface area contributed by atoms with Gasteiger partial charge in [-0.3, -0.25) is 0 Å². The normalized spacial score (nSPS) is 8.79. The maximum Gasteiger partial charge on any atom is 0.102 e. The Morgan fingerprint density at radius 3 is 2.93 bits per heavy atom. The molecule has 0 heterocycles. The number of nitrogens with one attached hydrogen (secondary N) is 1. The van der Waals surface area contributed by atoms with Crippen molar-refractivity contribution in [1.29, 1.82) is 5.26 Å². The van der Waals surface area contributed by atoms with E-state index in [1.165, 1.54) is 0 Å². The number of anilines is 1. The van der Waals surface area contributed by atoms with Gasteiger partial charge < -0.3 is 5.32 Å². The summed E-state index contributed by atoms with van der Waals surface area (Å²) in [7, 11) is 0. The molecule has 1 aromatic carbocycles. The van der Waals surface area contributed by atoms with Crippen LogP contribution in [-0.4, -0.2) is 6.54 Å². The molecule has 0 saturated carbocycles. The van der Waals surface area contributed by atoms with Crippen LogP contribution in [0.3, 0.4) is 0 Å². The third-order valence-corrected chi connectivity index (χ3v) is 1.97. The first-order valence-electron chi connectivity index (χ1n) is 4.46. The fourth-order valence-electron chi connectivity index (χ4n) is 1.23. The van der Waals surface area contributed by atoms with Crippen molar-refractivity contribution in [2.24, 2.45) is 0 Å². The fraction of sp³-hybridized carbons (Fsp3) is 0.250. The van der Waals surface area contributed by atoms with Crippen LogP contribution in [0.25, 0.3) is 0 Å². The maximum absolute atomic E-state index is 8.93. The Morgan fingerprint density at radius 1 is 1.50 bits per heavy atom. The van der Waals surface area contributed by atoms with Gasteiger partial charge in [-0.15, -0.1) is 12.3 Å². The zero-order chi connectivity index (χ0) is 10.4. The molecular weight excluding hydrogens is 172 g/mol. The molecule has 1 N–H and O–H groups in total. The molecule has 0 aliphatic carbocycles. The first-order valence-corrected chi connectivity index (χ1v) is 4.46. The van der Waals surface area contributed by atoms with Crippen molar-refractivity contribution in [1.82, 2.24) is 0 Å². The molecule has 0 amide bonds. The second kappa shape index (κ2) is 4.94. The van der Waals surface area contributed by atoms with E-state index in [1.54, 1.807) is 0 Å². The standard InChI is InChI=1S/C12H12N2/c1-3-4-8-14-12-7-5-6-10(2)11(12)9-13/h1,5-7,14H,4,8H2,2H3. The topological polar surface area (TPSA) is 35.8 Å². The fourth-order valence-corrected chi connectivity index (χ4v) is 1.23. The van der Waals surface area contributed by atoms with Crippen LogP contribution in [0.1, 0.15) is 17.5 Å². The molecule has 2 nitrogen and oxygen atoms in total. The molecule has 1 aromatic rings. The Kier molecular flexibility index (Phi) is 3.58. The SMILES string of the molecule is C#CCCNc1cccc(C)c1C#N. The van der Waals surface area contributed by atoms with Crippen molar-refractivity contribution >= 4 is 5.69 Å². The Morgan fingerprint density at radius 2 is 2.29 bits per heavy atom. The third-order valence-electron chi connectivity index (χ3n) is 1.97. The van der Waals surface area contributed by atoms with E-state index in [2.05, 4.69) is 17.3 Å². The number of benzene rings is 1. The summed E-state index contributed by atoms with van der Waals surface area (Å²) in [6.45, 7) is 2.62. The molecule has 0 aromatic heterocycles. The van der Waals surface area contributed by atoms with Gasteiger partial charge in [-0.2, -0.15) is 5.26 Å². The lowest BCUT2D eigenvalue weighted by Gasteiger charge is -2.07. The first kappa shape index (κ1) is 10.2. The van der Waals surface area contributed by atoms with Gasteiger partial charge in [0.15, 0.2) is 0 Å². The number of nitrogens with zero attached hydrogens (tertiary/aromatic N) is 1. The minimum Gasteiger partial charge on any atom is -0.383 e. The lowest BCUT2D eigenvalue weighted by molar-refractivity contribution is 1.09. The van der Waals surface area contributed by atoms with Crippen LogP contribution < -0.4 is 5.32 Å². The average Bonchev–Trinajstić information content (AvgIpc) is 2.18.